The molecule has 3 aromatic rings. The Bertz CT molecular complexity index is 1160. The molecule has 13 heteroatoms. The van der Waals surface area contributed by atoms with Crippen molar-refractivity contribution in [2.75, 3.05) is 25.0 Å². The van der Waals surface area contributed by atoms with Crippen molar-refractivity contribution in [2.24, 2.45) is 0 Å². The molecule has 34 heavy (non-hydrogen) atoms. The van der Waals surface area contributed by atoms with Gasteiger partial charge in [0.25, 0.3) is 0 Å². The molecule has 5 heterocycles. The highest BCUT2D eigenvalue weighted by molar-refractivity contribution is 5.67. The van der Waals surface area contributed by atoms with Crippen molar-refractivity contribution in [3.8, 4) is 0 Å². The van der Waals surface area contributed by atoms with Crippen molar-refractivity contribution in [3.05, 3.63) is 35.9 Å². The molecule has 0 spiro atoms. The molecular weight excluding hydrogens is 450 g/mol. The fourth-order valence-electron chi connectivity index (χ4n) is 4.01. The average molecular weight is 476 g/mol. The molecule has 0 unspecified atom stereocenters. The first-order chi connectivity index (χ1) is 16.4. The predicted molar refractivity (Wildman–Crippen MR) is 117 cm³/mol. The number of aromatic nitrogens is 5. The van der Waals surface area contributed by atoms with Gasteiger partial charge in [0.1, 0.15) is 17.9 Å². The van der Waals surface area contributed by atoms with Crippen LogP contribution in [0.1, 0.15) is 31.3 Å². The summed E-state index contributed by atoms with van der Waals surface area (Å²) in [5, 5.41) is 12.6. The molecule has 0 aromatic carbocycles. The number of alkyl halides is 2. The first-order valence-corrected chi connectivity index (χ1v) is 11.1. The number of H-pyrrole nitrogens is 1. The number of fused-ring (bicyclic) bond motifs is 1. The highest BCUT2D eigenvalue weighted by Gasteiger charge is 2.42. The fourth-order valence-corrected chi connectivity index (χ4v) is 4.01. The van der Waals surface area contributed by atoms with Crippen LogP contribution in [0.2, 0.25) is 0 Å². The molecule has 3 N–H and O–H groups in total. The maximum absolute atomic E-state index is 14.9. The van der Waals surface area contributed by atoms with Gasteiger partial charge in [-0.1, -0.05) is 0 Å². The zero-order valence-electron chi connectivity index (χ0n) is 18.7. The van der Waals surface area contributed by atoms with Crippen LogP contribution < -0.4 is 10.6 Å². The van der Waals surface area contributed by atoms with Gasteiger partial charge < -0.3 is 20.1 Å². The third-order valence-corrected chi connectivity index (χ3v) is 5.62. The second kappa shape index (κ2) is 9.14. The standard InChI is InChI=1S/C21H26F2N8O3/c1-11(2)25-21(32)34-15-10-33-19(18(15)23)14-5-16(29-28-14)27-20-24-4-3-17-26-13(9-31(17)20)8-30-6-12(22)7-30/h3-5,9,11-12,15,18-19H,6-8,10H2,1-2H3,(H,25,32)(H2,24,27,28,29)/t15-,18+,19-/m0/s1. The maximum atomic E-state index is 14.9. The predicted octanol–water partition coefficient (Wildman–Crippen LogP) is 2.26. The number of aromatic amines is 1. The summed E-state index contributed by atoms with van der Waals surface area (Å²) in [7, 11) is 0. The highest BCUT2D eigenvalue weighted by atomic mass is 19.1. The number of hydrogen-bond acceptors (Lipinski definition) is 8. The van der Waals surface area contributed by atoms with Gasteiger partial charge in [0, 0.05) is 44.1 Å². The molecule has 2 aliphatic heterocycles. The second-order valence-corrected chi connectivity index (χ2v) is 8.79. The molecule has 3 atom stereocenters. The monoisotopic (exact) mass is 476 g/mol. The summed E-state index contributed by atoms with van der Waals surface area (Å²) in [4.78, 5) is 22.7. The van der Waals surface area contributed by atoms with E-state index in [1.807, 2.05) is 11.1 Å². The normalized spacial score (nSPS) is 23.4. The second-order valence-electron chi connectivity index (χ2n) is 8.79. The van der Waals surface area contributed by atoms with Crippen LogP contribution in [0.4, 0.5) is 25.3 Å². The summed E-state index contributed by atoms with van der Waals surface area (Å²) in [6.45, 7) is 4.91. The van der Waals surface area contributed by atoms with Crippen LogP contribution in [0.3, 0.4) is 0 Å². The van der Waals surface area contributed by atoms with Crippen molar-refractivity contribution in [3.63, 3.8) is 0 Å². The van der Waals surface area contributed by atoms with E-state index in [2.05, 4.69) is 30.8 Å². The quantitative estimate of drug-likeness (QED) is 0.475. The minimum Gasteiger partial charge on any atom is -0.441 e. The van der Waals surface area contributed by atoms with Gasteiger partial charge >= 0.3 is 6.09 Å². The van der Waals surface area contributed by atoms with Crippen LogP contribution in [0.25, 0.3) is 5.65 Å². The number of hydrogen-bond donors (Lipinski definition) is 3. The molecule has 1 amide bonds. The van der Waals surface area contributed by atoms with Gasteiger partial charge in [0.15, 0.2) is 18.1 Å². The molecule has 2 aliphatic rings. The lowest BCUT2D eigenvalue weighted by Crippen LogP contribution is -2.47. The SMILES string of the molecule is CC(C)NC(=O)O[C@H]1CO[C@@H](c2cc(Nc3nccc4nc(CN5CC(F)C5)cn34)n[nH]2)[C@@H]1F. The smallest absolute Gasteiger partial charge is 0.407 e. The Morgan fingerprint density at radius 1 is 1.38 bits per heavy atom. The Morgan fingerprint density at radius 3 is 2.97 bits per heavy atom. The van der Waals surface area contributed by atoms with Gasteiger partial charge in [0.05, 0.1) is 18.0 Å². The molecule has 0 bridgehead atoms. The van der Waals surface area contributed by atoms with E-state index in [1.165, 1.54) is 0 Å². The zero-order chi connectivity index (χ0) is 23.8. The van der Waals surface area contributed by atoms with Crippen molar-refractivity contribution < 1.29 is 23.0 Å². The Morgan fingerprint density at radius 2 is 2.21 bits per heavy atom. The van der Waals surface area contributed by atoms with Crippen molar-refractivity contribution in [1.29, 1.82) is 0 Å². The lowest BCUT2D eigenvalue weighted by atomic mass is 10.1. The number of halogens is 2. The van der Waals surface area contributed by atoms with Gasteiger partial charge in [-0.3, -0.25) is 14.4 Å². The number of anilines is 2. The van der Waals surface area contributed by atoms with E-state index in [0.29, 0.717) is 42.7 Å². The van der Waals surface area contributed by atoms with Gasteiger partial charge in [0.2, 0.25) is 5.95 Å². The zero-order valence-corrected chi connectivity index (χ0v) is 18.7. The molecule has 2 fully saturated rings. The molecule has 5 rings (SSSR count). The number of ether oxygens (including phenoxy) is 2. The summed E-state index contributed by atoms with van der Waals surface area (Å²) in [5.41, 5.74) is 1.89. The van der Waals surface area contributed by atoms with Gasteiger partial charge in [-0.15, -0.1) is 0 Å². The molecule has 0 radical (unpaired) electrons. The molecule has 0 saturated carbocycles. The number of imidazole rings is 1. The van der Waals surface area contributed by atoms with E-state index in [1.54, 1.807) is 36.6 Å². The summed E-state index contributed by atoms with van der Waals surface area (Å²) in [5.74, 6) is 0.878. The molecular formula is C21H26F2N8O3. The van der Waals surface area contributed by atoms with Gasteiger partial charge in [-0.25, -0.2) is 23.5 Å². The van der Waals surface area contributed by atoms with Crippen LogP contribution in [0.15, 0.2) is 24.5 Å². The number of nitrogens with zero attached hydrogens (tertiary/aromatic N) is 5. The van der Waals surface area contributed by atoms with E-state index in [4.69, 9.17) is 9.47 Å². The minimum absolute atomic E-state index is 0.0576. The summed E-state index contributed by atoms with van der Waals surface area (Å²) < 4.78 is 40.4. The lowest BCUT2D eigenvalue weighted by Gasteiger charge is -2.33. The number of carbonyl (C=O) groups excluding carboxylic acids is 1. The van der Waals surface area contributed by atoms with Crippen molar-refractivity contribution in [2.45, 2.75) is 51.0 Å². The van der Waals surface area contributed by atoms with Crippen molar-refractivity contribution in [1.82, 2.24) is 34.8 Å². The van der Waals surface area contributed by atoms with E-state index in [0.717, 1.165) is 5.69 Å². The van der Waals surface area contributed by atoms with E-state index < -0.39 is 30.6 Å². The van der Waals surface area contributed by atoms with E-state index >= 15 is 0 Å². The Hall–Kier alpha value is -3.32. The Labute approximate surface area is 193 Å². The van der Waals surface area contributed by atoms with E-state index in [-0.39, 0.29) is 12.6 Å². The summed E-state index contributed by atoms with van der Waals surface area (Å²) in [6.07, 6.45) is -1.50. The van der Waals surface area contributed by atoms with Crippen LogP contribution in [-0.2, 0) is 16.0 Å². The first-order valence-electron chi connectivity index (χ1n) is 11.1. The number of carbonyl (C=O) groups is 1. The van der Waals surface area contributed by atoms with Crippen LogP contribution in [0, 0.1) is 0 Å². The van der Waals surface area contributed by atoms with Gasteiger partial charge in [-0.2, -0.15) is 5.10 Å². The number of rotatable bonds is 7. The van der Waals surface area contributed by atoms with Crippen LogP contribution in [0.5, 0.6) is 0 Å². The maximum Gasteiger partial charge on any atom is 0.407 e. The summed E-state index contributed by atoms with van der Waals surface area (Å²) >= 11 is 0. The van der Waals surface area contributed by atoms with E-state index in [9.17, 15) is 13.6 Å². The topological polar surface area (TPSA) is 122 Å². The third-order valence-electron chi connectivity index (χ3n) is 5.62. The molecule has 182 valence electrons. The largest absolute Gasteiger partial charge is 0.441 e. The van der Waals surface area contributed by atoms with Crippen LogP contribution in [-0.4, -0.2) is 79.7 Å². The van der Waals surface area contributed by atoms with Crippen molar-refractivity contribution >= 4 is 23.5 Å². The number of amides is 1. The first kappa shape index (κ1) is 22.5. The van der Waals surface area contributed by atoms with Gasteiger partial charge in [-0.05, 0) is 19.9 Å². The Kier molecular flexibility index (Phi) is 6.04. The number of nitrogens with one attached hydrogen (secondary N) is 3. The lowest BCUT2D eigenvalue weighted by molar-refractivity contribution is 0.0582. The Balaban J connectivity index is 1.25. The minimum atomic E-state index is -1.55. The molecule has 11 nitrogen and oxygen atoms in total. The third kappa shape index (κ3) is 4.66. The average Bonchev–Trinajstić information content (AvgIpc) is 3.46. The molecule has 0 aliphatic carbocycles. The van der Waals surface area contributed by atoms with Crippen LogP contribution >= 0.6 is 0 Å². The number of alkyl carbamates (subject to hydrolysis) is 1. The fraction of sp³-hybridized carbons (Fsp3) is 0.524. The highest BCUT2D eigenvalue weighted by Crippen LogP contribution is 2.33. The molecule has 3 aromatic heterocycles. The molecule has 2 saturated heterocycles. The number of likely N-dealkylation sites (tertiary alicyclic amines) is 1. The summed E-state index contributed by atoms with van der Waals surface area (Å²) in [6, 6.07) is 3.27.